The lowest BCUT2D eigenvalue weighted by atomic mass is 9.81. The molecule has 6 nitrogen and oxygen atoms in total. The van der Waals surface area contributed by atoms with Crippen LogP contribution < -0.4 is 5.32 Å². The van der Waals surface area contributed by atoms with Crippen molar-refractivity contribution in [1.82, 2.24) is 10.2 Å². The van der Waals surface area contributed by atoms with Gasteiger partial charge < -0.3 is 19.7 Å². The van der Waals surface area contributed by atoms with E-state index in [4.69, 9.17) is 9.47 Å². The number of nitrogens with one attached hydrogen (secondary N) is 1. The predicted octanol–water partition coefficient (Wildman–Crippen LogP) is 2.41. The number of nitrogens with zero attached hydrogens (tertiary/aromatic N) is 1. The molecule has 1 aliphatic carbocycles. The Kier molecular flexibility index (Phi) is 10.3. The summed E-state index contributed by atoms with van der Waals surface area (Å²) in [6, 6.07) is 0.605. The van der Waals surface area contributed by atoms with Gasteiger partial charge in [0.1, 0.15) is 5.78 Å². The Morgan fingerprint density at radius 3 is 2.19 bits per heavy atom. The van der Waals surface area contributed by atoms with E-state index in [0.717, 1.165) is 51.6 Å². The monoisotopic (exact) mass is 382 g/mol. The van der Waals surface area contributed by atoms with Crippen LogP contribution in [0.5, 0.6) is 0 Å². The molecule has 0 spiro atoms. The highest BCUT2D eigenvalue weighted by Gasteiger charge is 2.32. The zero-order chi connectivity index (χ0) is 19.5. The molecule has 2 fully saturated rings. The van der Waals surface area contributed by atoms with Gasteiger partial charge in [0, 0.05) is 37.5 Å². The highest BCUT2D eigenvalue weighted by Crippen LogP contribution is 2.31. The minimum absolute atomic E-state index is 0.127. The maximum Gasteiger partial charge on any atom is 0.223 e. The van der Waals surface area contributed by atoms with Crippen molar-refractivity contribution in [2.24, 2.45) is 11.8 Å². The van der Waals surface area contributed by atoms with Crippen LogP contribution >= 0.6 is 0 Å². The first-order valence-corrected chi connectivity index (χ1v) is 10.9. The second kappa shape index (κ2) is 12.5. The number of likely N-dealkylation sites (tertiary alicyclic amines) is 1. The maximum absolute atomic E-state index is 12.3. The highest BCUT2D eigenvalue weighted by molar-refractivity contribution is 5.80. The van der Waals surface area contributed by atoms with Gasteiger partial charge in [0.2, 0.25) is 5.91 Å². The summed E-state index contributed by atoms with van der Waals surface area (Å²) in [5.74, 6) is 1.03. The first-order valence-electron chi connectivity index (χ1n) is 10.9. The van der Waals surface area contributed by atoms with Gasteiger partial charge in [0.15, 0.2) is 0 Å². The standard InChI is InChI=1S/C21H38N2O4/c1-3-20(24)17-5-7-19(8-6-17)23-12-9-18(10-13-23)21(25)22-11-14-27-16-15-26-4-2/h17-19H,3-16H2,1-2H3,(H,22,25). The van der Waals surface area contributed by atoms with E-state index in [0.29, 0.717) is 57.1 Å². The van der Waals surface area contributed by atoms with Crippen LogP contribution in [0, 0.1) is 11.8 Å². The van der Waals surface area contributed by atoms with E-state index in [-0.39, 0.29) is 11.8 Å². The topological polar surface area (TPSA) is 67.9 Å². The molecule has 156 valence electrons. The third-order valence-corrected chi connectivity index (χ3v) is 6.04. The fourth-order valence-corrected chi connectivity index (χ4v) is 4.33. The number of ketones is 1. The van der Waals surface area contributed by atoms with E-state index in [1.54, 1.807) is 0 Å². The van der Waals surface area contributed by atoms with Crippen LogP contribution in [0.1, 0.15) is 58.8 Å². The highest BCUT2D eigenvalue weighted by atomic mass is 16.5. The number of piperidine rings is 1. The minimum atomic E-state index is 0.127. The summed E-state index contributed by atoms with van der Waals surface area (Å²) < 4.78 is 10.6. The molecule has 0 unspecified atom stereocenters. The van der Waals surface area contributed by atoms with Gasteiger partial charge in [-0.2, -0.15) is 0 Å². The van der Waals surface area contributed by atoms with Gasteiger partial charge in [-0.05, 0) is 58.5 Å². The second-order valence-electron chi connectivity index (χ2n) is 7.74. The smallest absolute Gasteiger partial charge is 0.223 e. The molecule has 6 heteroatoms. The van der Waals surface area contributed by atoms with E-state index in [1.807, 2.05) is 13.8 Å². The zero-order valence-electron chi connectivity index (χ0n) is 17.2. The zero-order valence-corrected chi connectivity index (χ0v) is 17.2. The molecule has 0 bridgehead atoms. The number of carbonyl (C=O) groups is 2. The van der Waals surface area contributed by atoms with Gasteiger partial charge in [0.25, 0.3) is 0 Å². The van der Waals surface area contributed by atoms with Gasteiger partial charge in [-0.15, -0.1) is 0 Å². The fourth-order valence-electron chi connectivity index (χ4n) is 4.33. The molecule has 1 saturated heterocycles. The molecular weight excluding hydrogens is 344 g/mol. The van der Waals surface area contributed by atoms with Crippen LogP contribution in [-0.4, -0.2) is 68.7 Å². The Bertz CT molecular complexity index is 441. The minimum Gasteiger partial charge on any atom is -0.379 e. The fraction of sp³-hybridized carbons (Fsp3) is 0.905. The van der Waals surface area contributed by atoms with Crippen molar-refractivity contribution in [3.63, 3.8) is 0 Å². The molecular formula is C21H38N2O4. The second-order valence-corrected chi connectivity index (χ2v) is 7.74. The van der Waals surface area contributed by atoms with Crippen LogP contribution in [-0.2, 0) is 19.1 Å². The summed E-state index contributed by atoms with van der Waals surface area (Å²) in [6.07, 6.45) is 6.89. The Morgan fingerprint density at radius 1 is 0.889 bits per heavy atom. The van der Waals surface area contributed by atoms with Crippen molar-refractivity contribution in [3.05, 3.63) is 0 Å². The molecule has 1 N–H and O–H groups in total. The van der Waals surface area contributed by atoms with Crippen molar-refractivity contribution >= 4 is 11.7 Å². The summed E-state index contributed by atoms with van der Waals surface area (Å²) in [5, 5.41) is 3.00. The van der Waals surface area contributed by atoms with Gasteiger partial charge in [0.05, 0.1) is 19.8 Å². The van der Waals surface area contributed by atoms with Crippen molar-refractivity contribution in [3.8, 4) is 0 Å². The average Bonchev–Trinajstić information content (AvgIpc) is 2.72. The molecule has 1 amide bonds. The SMILES string of the molecule is CCOCCOCCNC(=O)C1CCN(C2CCC(C(=O)CC)CC2)CC1. The molecule has 0 aromatic carbocycles. The normalized spacial score (nSPS) is 24.7. The van der Waals surface area contributed by atoms with Crippen LogP contribution in [0.25, 0.3) is 0 Å². The molecule has 1 aliphatic heterocycles. The number of carbonyl (C=O) groups excluding carboxylic acids is 2. The summed E-state index contributed by atoms with van der Waals surface area (Å²) in [5.41, 5.74) is 0. The lowest BCUT2D eigenvalue weighted by molar-refractivity contribution is -0.127. The van der Waals surface area contributed by atoms with Crippen LogP contribution in [0.15, 0.2) is 0 Å². The van der Waals surface area contributed by atoms with Crippen LogP contribution in [0.4, 0.5) is 0 Å². The summed E-state index contributed by atoms with van der Waals surface area (Å²) >= 11 is 0. The van der Waals surface area contributed by atoms with Gasteiger partial charge >= 0.3 is 0 Å². The lowest BCUT2D eigenvalue weighted by Crippen LogP contribution is -2.46. The van der Waals surface area contributed by atoms with Crippen molar-refractivity contribution in [2.45, 2.75) is 64.8 Å². The quantitative estimate of drug-likeness (QED) is 0.556. The van der Waals surface area contributed by atoms with E-state index >= 15 is 0 Å². The first kappa shape index (κ1) is 22.3. The molecule has 0 aromatic heterocycles. The Labute approximate surface area is 164 Å². The lowest BCUT2D eigenvalue weighted by Gasteiger charge is -2.40. The summed E-state index contributed by atoms with van der Waals surface area (Å²) in [7, 11) is 0. The molecule has 0 aromatic rings. The van der Waals surface area contributed by atoms with Gasteiger partial charge in [-0.25, -0.2) is 0 Å². The van der Waals surface area contributed by atoms with Crippen molar-refractivity contribution in [2.75, 3.05) is 46.1 Å². The van der Waals surface area contributed by atoms with Gasteiger partial charge in [-0.3, -0.25) is 9.59 Å². The van der Waals surface area contributed by atoms with E-state index in [2.05, 4.69) is 10.2 Å². The average molecular weight is 383 g/mol. The maximum atomic E-state index is 12.3. The summed E-state index contributed by atoms with van der Waals surface area (Å²) in [4.78, 5) is 26.7. The number of rotatable bonds is 11. The van der Waals surface area contributed by atoms with Crippen LogP contribution in [0.3, 0.4) is 0 Å². The molecule has 27 heavy (non-hydrogen) atoms. The number of amides is 1. The first-order chi connectivity index (χ1) is 13.2. The van der Waals surface area contributed by atoms with Crippen molar-refractivity contribution in [1.29, 1.82) is 0 Å². The predicted molar refractivity (Wildman–Crippen MR) is 106 cm³/mol. The third-order valence-electron chi connectivity index (χ3n) is 6.04. The number of hydrogen-bond acceptors (Lipinski definition) is 5. The Balaban J connectivity index is 1.57. The van der Waals surface area contributed by atoms with E-state index in [1.165, 1.54) is 0 Å². The number of hydrogen-bond donors (Lipinski definition) is 1. The molecule has 2 rings (SSSR count). The largest absolute Gasteiger partial charge is 0.379 e. The van der Waals surface area contributed by atoms with E-state index < -0.39 is 0 Å². The molecule has 0 radical (unpaired) electrons. The molecule has 2 aliphatic rings. The van der Waals surface area contributed by atoms with Gasteiger partial charge in [-0.1, -0.05) is 6.92 Å². The molecule has 1 heterocycles. The number of ether oxygens (including phenoxy) is 2. The van der Waals surface area contributed by atoms with E-state index in [9.17, 15) is 9.59 Å². The number of Topliss-reactive ketones (excluding diaryl/α,β-unsaturated/α-hetero) is 1. The van der Waals surface area contributed by atoms with Crippen LogP contribution in [0.2, 0.25) is 0 Å². The van der Waals surface area contributed by atoms with Crippen molar-refractivity contribution < 1.29 is 19.1 Å². The Hall–Kier alpha value is -0.980. The molecule has 0 atom stereocenters. The summed E-state index contributed by atoms with van der Waals surface area (Å²) in [6.45, 7) is 8.93. The third kappa shape index (κ3) is 7.51. The Morgan fingerprint density at radius 2 is 1.56 bits per heavy atom. The molecule has 1 saturated carbocycles.